The number of rotatable bonds is 5. The number of aliphatic hydroxyl groups is 1. The first-order valence-corrected chi connectivity index (χ1v) is 8.51. The Balaban J connectivity index is 2.34. The summed E-state index contributed by atoms with van der Waals surface area (Å²) in [6.07, 6.45) is 5.43. The van der Waals surface area contributed by atoms with Crippen LogP contribution in [0.1, 0.15) is 40.0 Å². The van der Waals surface area contributed by atoms with E-state index in [-0.39, 0.29) is 18.6 Å². The van der Waals surface area contributed by atoms with E-state index in [0.717, 1.165) is 6.42 Å². The van der Waals surface area contributed by atoms with Crippen molar-refractivity contribution in [2.75, 3.05) is 18.6 Å². The number of amides is 2. The molecule has 0 spiro atoms. The number of carbonyl (C=O) groups is 1. The van der Waals surface area contributed by atoms with E-state index < -0.39 is 5.60 Å². The molecule has 2 amide bonds. The van der Waals surface area contributed by atoms with Crippen molar-refractivity contribution in [1.29, 1.82) is 0 Å². The van der Waals surface area contributed by atoms with Crippen LogP contribution in [0.25, 0.3) is 0 Å². The molecule has 0 bridgehead atoms. The lowest BCUT2D eigenvalue weighted by molar-refractivity contribution is 0.0862. The molecule has 4 unspecified atom stereocenters. The van der Waals surface area contributed by atoms with Crippen LogP contribution in [0.2, 0.25) is 0 Å². The van der Waals surface area contributed by atoms with Gasteiger partial charge in [0, 0.05) is 18.3 Å². The van der Waals surface area contributed by atoms with Crippen LogP contribution in [0, 0.1) is 11.8 Å². The Morgan fingerprint density at radius 1 is 1.42 bits per heavy atom. The number of thioether (sulfide) groups is 1. The molecule has 1 aliphatic carbocycles. The van der Waals surface area contributed by atoms with Gasteiger partial charge in [0.05, 0.1) is 5.60 Å². The Kier molecular flexibility index (Phi) is 6.47. The first kappa shape index (κ1) is 16.6. The number of urea groups is 1. The van der Waals surface area contributed by atoms with E-state index in [2.05, 4.69) is 24.5 Å². The van der Waals surface area contributed by atoms with Gasteiger partial charge in [-0.25, -0.2) is 4.79 Å². The predicted molar refractivity (Wildman–Crippen MR) is 81.5 cm³/mol. The van der Waals surface area contributed by atoms with Gasteiger partial charge in [-0.15, -0.1) is 0 Å². The van der Waals surface area contributed by atoms with Gasteiger partial charge in [-0.1, -0.05) is 26.7 Å². The number of carbonyl (C=O) groups excluding carboxylic acids is 1. The topological polar surface area (TPSA) is 61.4 Å². The maximum atomic E-state index is 11.9. The monoisotopic (exact) mass is 288 g/mol. The van der Waals surface area contributed by atoms with Gasteiger partial charge < -0.3 is 15.7 Å². The van der Waals surface area contributed by atoms with Crippen LogP contribution in [0.3, 0.4) is 0 Å². The minimum absolute atomic E-state index is 0.160. The molecule has 0 aromatic rings. The summed E-state index contributed by atoms with van der Waals surface area (Å²) >= 11 is 1.57. The Morgan fingerprint density at radius 2 is 2.11 bits per heavy atom. The summed E-state index contributed by atoms with van der Waals surface area (Å²) in [5.74, 6) is 1.80. The Hall–Kier alpha value is -0.420. The summed E-state index contributed by atoms with van der Waals surface area (Å²) in [7, 11) is 0. The van der Waals surface area contributed by atoms with E-state index in [1.54, 1.807) is 18.7 Å². The second-order valence-electron chi connectivity index (χ2n) is 6.13. The lowest BCUT2D eigenvalue weighted by atomic mass is 9.78. The third-order valence-electron chi connectivity index (χ3n) is 4.11. The van der Waals surface area contributed by atoms with E-state index in [9.17, 15) is 9.90 Å². The van der Waals surface area contributed by atoms with Crippen molar-refractivity contribution in [2.24, 2.45) is 11.8 Å². The summed E-state index contributed by atoms with van der Waals surface area (Å²) in [5.41, 5.74) is -0.845. The second-order valence-corrected chi connectivity index (χ2v) is 7.00. The summed E-state index contributed by atoms with van der Waals surface area (Å²) in [4.78, 5) is 11.9. The first-order chi connectivity index (χ1) is 8.85. The molecule has 112 valence electrons. The predicted octanol–water partition coefficient (Wildman–Crippen LogP) is 2.22. The molecule has 0 heterocycles. The van der Waals surface area contributed by atoms with Crippen LogP contribution in [-0.4, -0.2) is 41.3 Å². The molecular formula is C14H28N2O2S. The lowest BCUT2D eigenvalue weighted by Gasteiger charge is -2.34. The van der Waals surface area contributed by atoms with E-state index in [1.807, 2.05) is 6.26 Å². The molecule has 0 saturated heterocycles. The average molecular weight is 288 g/mol. The maximum Gasteiger partial charge on any atom is 0.315 e. The van der Waals surface area contributed by atoms with Gasteiger partial charge in [0.1, 0.15) is 0 Å². The molecule has 0 radical (unpaired) electrons. The maximum absolute atomic E-state index is 11.9. The SMILES string of the molecule is CSCC(C)(O)CNC(=O)NC1CCCC(C)C1C. The molecule has 3 N–H and O–H groups in total. The molecule has 19 heavy (non-hydrogen) atoms. The van der Waals surface area contributed by atoms with Crippen molar-refractivity contribution >= 4 is 17.8 Å². The Labute approximate surface area is 121 Å². The quantitative estimate of drug-likeness (QED) is 0.727. The highest BCUT2D eigenvalue weighted by Crippen LogP contribution is 2.29. The van der Waals surface area contributed by atoms with E-state index in [0.29, 0.717) is 17.6 Å². The van der Waals surface area contributed by atoms with E-state index in [4.69, 9.17) is 0 Å². The molecule has 0 aromatic carbocycles. The largest absolute Gasteiger partial charge is 0.387 e. The van der Waals surface area contributed by atoms with Crippen LogP contribution in [0.15, 0.2) is 0 Å². The van der Waals surface area contributed by atoms with Gasteiger partial charge in [-0.2, -0.15) is 11.8 Å². The van der Waals surface area contributed by atoms with Crippen LogP contribution < -0.4 is 10.6 Å². The molecule has 1 saturated carbocycles. The third kappa shape index (κ3) is 5.61. The van der Waals surface area contributed by atoms with Gasteiger partial charge >= 0.3 is 6.03 Å². The average Bonchev–Trinajstić information content (AvgIpc) is 2.33. The van der Waals surface area contributed by atoms with Crippen molar-refractivity contribution in [3.05, 3.63) is 0 Å². The van der Waals surface area contributed by atoms with Crippen molar-refractivity contribution in [3.8, 4) is 0 Å². The normalized spacial score (nSPS) is 30.5. The Morgan fingerprint density at radius 3 is 2.74 bits per heavy atom. The van der Waals surface area contributed by atoms with Gasteiger partial charge in [-0.3, -0.25) is 0 Å². The Bertz CT molecular complexity index is 297. The molecule has 0 aromatic heterocycles. The summed E-state index contributed by atoms with van der Waals surface area (Å²) in [6, 6.07) is 0.0987. The summed E-state index contributed by atoms with van der Waals surface area (Å²) in [5, 5.41) is 15.8. The molecule has 5 heteroatoms. The van der Waals surface area contributed by atoms with Crippen LogP contribution >= 0.6 is 11.8 Å². The van der Waals surface area contributed by atoms with Crippen molar-refractivity contribution in [3.63, 3.8) is 0 Å². The van der Waals surface area contributed by atoms with E-state index >= 15 is 0 Å². The van der Waals surface area contributed by atoms with Gasteiger partial charge in [0.25, 0.3) is 0 Å². The summed E-state index contributed by atoms with van der Waals surface area (Å²) < 4.78 is 0. The highest BCUT2D eigenvalue weighted by Gasteiger charge is 2.28. The van der Waals surface area contributed by atoms with Crippen LogP contribution in [0.5, 0.6) is 0 Å². The molecule has 0 aliphatic heterocycles. The van der Waals surface area contributed by atoms with Gasteiger partial charge in [-0.05, 0) is 31.4 Å². The zero-order valence-electron chi connectivity index (χ0n) is 12.5. The fourth-order valence-corrected chi connectivity index (χ4v) is 3.36. The smallest absolute Gasteiger partial charge is 0.315 e. The summed E-state index contributed by atoms with van der Waals surface area (Å²) in [6.45, 7) is 6.49. The second kappa shape index (κ2) is 7.39. The van der Waals surface area contributed by atoms with Gasteiger partial charge in [0.15, 0.2) is 0 Å². The zero-order valence-corrected chi connectivity index (χ0v) is 13.3. The highest BCUT2D eigenvalue weighted by atomic mass is 32.2. The number of hydrogen-bond acceptors (Lipinski definition) is 3. The van der Waals surface area contributed by atoms with Crippen molar-refractivity contribution in [2.45, 2.75) is 51.7 Å². The van der Waals surface area contributed by atoms with Crippen LogP contribution in [0.4, 0.5) is 4.79 Å². The molecular weight excluding hydrogens is 260 g/mol. The minimum Gasteiger partial charge on any atom is -0.387 e. The first-order valence-electron chi connectivity index (χ1n) is 7.11. The fourth-order valence-electron chi connectivity index (χ4n) is 2.64. The highest BCUT2D eigenvalue weighted by molar-refractivity contribution is 7.98. The molecule has 4 atom stereocenters. The molecule has 1 rings (SSSR count). The lowest BCUT2D eigenvalue weighted by Crippen LogP contribution is -2.51. The standard InChI is InChI=1S/C14H28N2O2S/c1-10-6-5-7-12(11(10)2)16-13(17)15-8-14(3,18)9-19-4/h10-12,18H,5-9H2,1-4H3,(H2,15,16,17). The molecule has 1 aliphatic rings. The number of hydrogen-bond donors (Lipinski definition) is 3. The molecule has 4 nitrogen and oxygen atoms in total. The van der Waals surface area contributed by atoms with Crippen LogP contribution in [-0.2, 0) is 0 Å². The van der Waals surface area contributed by atoms with Gasteiger partial charge in [0.2, 0.25) is 0 Å². The van der Waals surface area contributed by atoms with Crippen molar-refractivity contribution in [1.82, 2.24) is 10.6 Å². The number of nitrogens with one attached hydrogen (secondary N) is 2. The molecule has 1 fully saturated rings. The van der Waals surface area contributed by atoms with Crippen molar-refractivity contribution < 1.29 is 9.90 Å². The third-order valence-corrected chi connectivity index (χ3v) is 5.02. The minimum atomic E-state index is -0.845. The fraction of sp³-hybridized carbons (Fsp3) is 0.929. The van der Waals surface area contributed by atoms with E-state index in [1.165, 1.54) is 12.8 Å². The zero-order chi connectivity index (χ0) is 14.5.